The van der Waals surface area contributed by atoms with Crippen molar-refractivity contribution in [2.24, 2.45) is 0 Å². The molecule has 0 radical (unpaired) electrons. The Labute approximate surface area is 137 Å². The first-order valence-corrected chi connectivity index (χ1v) is 7.86. The van der Waals surface area contributed by atoms with E-state index in [1.165, 1.54) is 0 Å². The predicted molar refractivity (Wildman–Crippen MR) is 85.9 cm³/mol. The second-order valence-electron chi connectivity index (χ2n) is 4.60. The minimum atomic E-state index is -1.04. The number of thiophene rings is 1. The number of carbonyl (C=O) groups is 2. The van der Waals surface area contributed by atoms with Crippen LogP contribution in [0.3, 0.4) is 0 Å². The van der Waals surface area contributed by atoms with Crippen molar-refractivity contribution < 1.29 is 24.2 Å². The van der Waals surface area contributed by atoms with Gasteiger partial charge in [0.2, 0.25) is 0 Å². The fraction of sp³-hybridized carbons (Fsp3) is 0.250. The summed E-state index contributed by atoms with van der Waals surface area (Å²) in [6.45, 7) is 0.479. The van der Waals surface area contributed by atoms with Crippen LogP contribution in [-0.2, 0) is 16.1 Å². The highest BCUT2D eigenvalue weighted by molar-refractivity contribution is 7.09. The molecule has 2 N–H and O–H groups in total. The Balaban J connectivity index is 1.78. The number of ether oxygens (including phenoxy) is 2. The van der Waals surface area contributed by atoms with E-state index >= 15 is 0 Å². The monoisotopic (exact) mass is 335 g/mol. The maximum atomic E-state index is 12.0. The van der Waals surface area contributed by atoms with Crippen LogP contribution in [0, 0.1) is 0 Å². The summed E-state index contributed by atoms with van der Waals surface area (Å²) < 4.78 is 10.5. The lowest BCUT2D eigenvalue weighted by molar-refractivity contribution is -0.142. The Kier molecular flexibility index (Phi) is 6.58. The van der Waals surface area contributed by atoms with E-state index in [2.05, 4.69) is 5.32 Å². The molecule has 2 aromatic rings. The van der Waals surface area contributed by atoms with Gasteiger partial charge < -0.3 is 19.9 Å². The molecule has 1 aromatic heterocycles. The number of rotatable bonds is 9. The molecule has 0 aliphatic heterocycles. The second kappa shape index (κ2) is 8.92. The van der Waals surface area contributed by atoms with Gasteiger partial charge in [-0.25, -0.2) is 4.79 Å². The van der Waals surface area contributed by atoms with E-state index in [-0.39, 0.29) is 25.7 Å². The molecule has 1 aromatic carbocycles. The van der Waals surface area contributed by atoms with Crippen LogP contribution in [0.5, 0.6) is 5.75 Å². The molecule has 0 fully saturated rings. The number of carboxylic acid groups (broad SMARTS) is 1. The summed E-state index contributed by atoms with van der Waals surface area (Å²) in [5.41, 5.74) is 0.479. The molecule has 0 aliphatic rings. The third-order valence-corrected chi connectivity index (χ3v) is 3.66. The molecule has 0 bridgehead atoms. The zero-order chi connectivity index (χ0) is 16.5. The Hall–Kier alpha value is -2.38. The molecule has 7 heteroatoms. The van der Waals surface area contributed by atoms with Crippen LogP contribution < -0.4 is 10.1 Å². The maximum absolute atomic E-state index is 12.0. The fourth-order valence-electron chi connectivity index (χ4n) is 1.77. The van der Waals surface area contributed by atoms with E-state index < -0.39 is 5.97 Å². The first-order chi connectivity index (χ1) is 11.1. The smallest absolute Gasteiger partial charge is 0.329 e. The maximum Gasteiger partial charge on any atom is 0.329 e. The quantitative estimate of drug-likeness (QED) is 0.686. The van der Waals surface area contributed by atoms with Crippen molar-refractivity contribution in [1.29, 1.82) is 0 Å². The lowest BCUT2D eigenvalue weighted by Crippen LogP contribution is -2.27. The highest BCUT2D eigenvalue weighted by atomic mass is 32.1. The van der Waals surface area contributed by atoms with Gasteiger partial charge in [0.1, 0.15) is 19.0 Å². The van der Waals surface area contributed by atoms with Crippen LogP contribution in [0.4, 0.5) is 0 Å². The first-order valence-electron chi connectivity index (χ1n) is 6.98. The molecule has 1 amide bonds. The summed E-state index contributed by atoms with van der Waals surface area (Å²) in [5.74, 6) is -0.675. The van der Waals surface area contributed by atoms with Crippen molar-refractivity contribution in [3.8, 4) is 5.75 Å². The summed E-state index contributed by atoms with van der Waals surface area (Å²) in [6.07, 6.45) is 0. The minimum Gasteiger partial charge on any atom is -0.488 e. The summed E-state index contributed by atoms with van der Waals surface area (Å²) in [4.78, 5) is 23.4. The molecule has 2 rings (SSSR count). The van der Waals surface area contributed by atoms with Crippen molar-refractivity contribution >= 4 is 23.2 Å². The van der Waals surface area contributed by atoms with E-state index in [9.17, 15) is 9.59 Å². The van der Waals surface area contributed by atoms with Crippen LogP contribution in [0.15, 0.2) is 41.8 Å². The summed E-state index contributed by atoms with van der Waals surface area (Å²) in [5, 5.41) is 13.1. The van der Waals surface area contributed by atoms with Crippen LogP contribution in [0.25, 0.3) is 0 Å². The average molecular weight is 335 g/mol. The van der Waals surface area contributed by atoms with Crippen molar-refractivity contribution in [3.63, 3.8) is 0 Å². The minimum absolute atomic E-state index is 0.145. The van der Waals surface area contributed by atoms with Gasteiger partial charge in [0.25, 0.3) is 5.91 Å². The Morgan fingerprint density at radius 1 is 1.22 bits per heavy atom. The van der Waals surface area contributed by atoms with Gasteiger partial charge in [0, 0.05) is 17.0 Å². The van der Waals surface area contributed by atoms with Gasteiger partial charge in [0.15, 0.2) is 0 Å². The van der Waals surface area contributed by atoms with Gasteiger partial charge in [-0.2, -0.15) is 0 Å². The standard InChI is InChI=1S/C16H17NO5S/c18-15(19)11-21-7-6-17-16(20)12-3-1-4-13(9-12)22-10-14-5-2-8-23-14/h1-5,8-9H,6-7,10-11H2,(H,17,20)(H,18,19). The fourth-order valence-corrected chi connectivity index (χ4v) is 2.39. The molecule has 6 nitrogen and oxygen atoms in total. The molecule has 0 spiro atoms. The average Bonchev–Trinajstić information content (AvgIpc) is 3.06. The molecule has 122 valence electrons. The summed E-state index contributed by atoms with van der Waals surface area (Å²) in [6, 6.07) is 10.8. The van der Waals surface area contributed by atoms with Crippen molar-refractivity contribution in [1.82, 2.24) is 5.32 Å². The van der Waals surface area contributed by atoms with Gasteiger partial charge in [-0.1, -0.05) is 12.1 Å². The van der Waals surface area contributed by atoms with E-state index in [1.807, 2.05) is 17.5 Å². The Bertz CT molecular complexity index is 642. The van der Waals surface area contributed by atoms with E-state index in [4.69, 9.17) is 14.6 Å². The molecule has 0 aliphatic carbocycles. The van der Waals surface area contributed by atoms with E-state index in [1.54, 1.807) is 35.6 Å². The SMILES string of the molecule is O=C(O)COCCNC(=O)c1cccc(OCc2cccs2)c1. The lowest BCUT2D eigenvalue weighted by Gasteiger charge is -2.08. The van der Waals surface area contributed by atoms with Gasteiger partial charge in [-0.3, -0.25) is 4.79 Å². The zero-order valence-corrected chi connectivity index (χ0v) is 13.2. The number of hydrogen-bond donors (Lipinski definition) is 2. The third kappa shape index (κ3) is 6.09. The van der Waals surface area contributed by atoms with Crippen molar-refractivity contribution in [2.45, 2.75) is 6.61 Å². The van der Waals surface area contributed by atoms with Gasteiger partial charge >= 0.3 is 5.97 Å². The highest BCUT2D eigenvalue weighted by Crippen LogP contribution is 2.17. The molecule has 0 unspecified atom stereocenters. The van der Waals surface area contributed by atoms with Crippen molar-refractivity contribution in [3.05, 3.63) is 52.2 Å². The largest absolute Gasteiger partial charge is 0.488 e. The van der Waals surface area contributed by atoms with E-state index in [0.717, 1.165) is 4.88 Å². The van der Waals surface area contributed by atoms with E-state index in [0.29, 0.717) is 17.9 Å². The number of amides is 1. The zero-order valence-electron chi connectivity index (χ0n) is 12.4. The number of carboxylic acids is 1. The number of nitrogens with one attached hydrogen (secondary N) is 1. The lowest BCUT2D eigenvalue weighted by atomic mass is 10.2. The number of hydrogen-bond acceptors (Lipinski definition) is 5. The van der Waals surface area contributed by atoms with Gasteiger partial charge in [-0.15, -0.1) is 11.3 Å². The van der Waals surface area contributed by atoms with Gasteiger partial charge in [-0.05, 0) is 29.6 Å². The molecule has 0 saturated carbocycles. The molecule has 23 heavy (non-hydrogen) atoms. The first kappa shape index (κ1) is 17.0. The Morgan fingerprint density at radius 2 is 2.09 bits per heavy atom. The highest BCUT2D eigenvalue weighted by Gasteiger charge is 2.07. The molecule has 0 saturated heterocycles. The Morgan fingerprint density at radius 3 is 2.83 bits per heavy atom. The second-order valence-corrected chi connectivity index (χ2v) is 5.63. The molecular formula is C16H17NO5S. The van der Waals surface area contributed by atoms with Crippen LogP contribution in [-0.4, -0.2) is 36.7 Å². The molecule has 0 atom stereocenters. The predicted octanol–water partition coefficient (Wildman–Crippen LogP) is 2.16. The number of benzene rings is 1. The normalized spacial score (nSPS) is 10.3. The van der Waals surface area contributed by atoms with Crippen LogP contribution in [0.2, 0.25) is 0 Å². The van der Waals surface area contributed by atoms with Crippen molar-refractivity contribution in [2.75, 3.05) is 19.8 Å². The molecule has 1 heterocycles. The molecular weight excluding hydrogens is 318 g/mol. The van der Waals surface area contributed by atoms with Crippen LogP contribution in [0.1, 0.15) is 15.2 Å². The third-order valence-electron chi connectivity index (χ3n) is 2.81. The number of carbonyl (C=O) groups excluding carboxylic acids is 1. The van der Waals surface area contributed by atoms with Gasteiger partial charge in [0.05, 0.1) is 6.61 Å². The summed E-state index contributed by atoms with van der Waals surface area (Å²) >= 11 is 1.61. The topological polar surface area (TPSA) is 84.9 Å². The summed E-state index contributed by atoms with van der Waals surface area (Å²) in [7, 11) is 0. The van der Waals surface area contributed by atoms with Crippen LogP contribution >= 0.6 is 11.3 Å². The number of aliphatic carboxylic acids is 1.